The Morgan fingerprint density at radius 3 is 2.34 bits per heavy atom. The molecule has 0 spiro atoms. The number of carbonyl (C=O) groups is 2. The molecule has 0 aliphatic carbocycles. The van der Waals surface area contributed by atoms with Crippen molar-refractivity contribution < 1.29 is 9.59 Å². The number of unbranched alkanes of at least 4 members (excludes halogenated alkanes) is 2. The summed E-state index contributed by atoms with van der Waals surface area (Å²) in [6.45, 7) is 3.59. The van der Waals surface area contributed by atoms with Gasteiger partial charge in [-0.1, -0.05) is 36.8 Å². The smallest absolute Gasteiger partial charge is 0.251 e. The van der Waals surface area contributed by atoms with Gasteiger partial charge in [0.05, 0.1) is 17.2 Å². The van der Waals surface area contributed by atoms with Crippen LogP contribution in [0.25, 0.3) is 11.0 Å². The summed E-state index contributed by atoms with van der Waals surface area (Å²) in [6, 6.07) is 17.1. The zero-order valence-electron chi connectivity index (χ0n) is 18.2. The Morgan fingerprint density at radius 1 is 0.844 bits per heavy atom. The van der Waals surface area contributed by atoms with Gasteiger partial charge in [-0.2, -0.15) is 0 Å². The Kier molecular flexibility index (Phi) is 7.27. The van der Waals surface area contributed by atoms with Gasteiger partial charge in [0.15, 0.2) is 0 Å². The van der Waals surface area contributed by atoms with Crippen LogP contribution in [0, 0.1) is 0 Å². The van der Waals surface area contributed by atoms with Crippen LogP contribution in [0.15, 0.2) is 60.8 Å². The SMILES string of the molecule is O=C(NCCCCCC(=O)N1CCN(c2cnc3ccccc3n2)CC1)c1ccccc1. The fourth-order valence-electron chi connectivity index (χ4n) is 3.91. The lowest BCUT2D eigenvalue weighted by molar-refractivity contribution is -0.131. The van der Waals surface area contributed by atoms with Crippen LogP contribution in [0.5, 0.6) is 0 Å². The van der Waals surface area contributed by atoms with Crippen molar-refractivity contribution in [3.05, 3.63) is 66.4 Å². The van der Waals surface area contributed by atoms with Crippen LogP contribution in [0.1, 0.15) is 36.0 Å². The van der Waals surface area contributed by atoms with E-state index in [1.54, 1.807) is 12.1 Å². The molecule has 7 heteroatoms. The number of hydrogen-bond acceptors (Lipinski definition) is 5. The number of amides is 2. The number of para-hydroxylation sites is 2. The summed E-state index contributed by atoms with van der Waals surface area (Å²) in [5.74, 6) is 1.03. The number of nitrogens with one attached hydrogen (secondary N) is 1. The van der Waals surface area contributed by atoms with E-state index in [-0.39, 0.29) is 11.8 Å². The molecule has 1 saturated heterocycles. The van der Waals surface area contributed by atoms with Crippen molar-refractivity contribution >= 4 is 28.7 Å². The highest BCUT2D eigenvalue weighted by Crippen LogP contribution is 2.17. The molecule has 3 aromatic rings. The minimum atomic E-state index is -0.0457. The summed E-state index contributed by atoms with van der Waals surface area (Å²) < 4.78 is 0. The molecule has 2 amide bonds. The molecule has 32 heavy (non-hydrogen) atoms. The van der Waals surface area contributed by atoms with Crippen molar-refractivity contribution in [1.82, 2.24) is 20.2 Å². The molecule has 0 radical (unpaired) electrons. The second-order valence-electron chi connectivity index (χ2n) is 8.02. The number of carbonyl (C=O) groups excluding carboxylic acids is 2. The van der Waals surface area contributed by atoms with Gasteiger partial charge < -0.3 is 15.1 Å². The largest absolute Gasteiger partial charge is 0.352 e. The summed E-state index contributed by atoms with van der Waals surface area (Å²) in [5, 5.41) is 2.93. The third kappa shape index (κ3) is 5.60. The third-order valence-electron chi connectivity index (χ3n) is 5.78. The standard InChI is InChI=1S/C25H29N5O2/c31-24(13-5-2-8-14-26-25(32)20-9-3-1-4-10-20)30-17-15-29(16-18-30)23-19-27-21-11-6-7-12-22(21)28-23/h1,3-4,6-7,9-12,19H,2,5,8,13-18H2,(H,26,32). The number of rotatable bonds is 8. The fraction of sp³-hybridized carbons (Fsp3) is 0.360. The highest BCUT2D eigenvalue weighted by molar-refractivity contribution is 5.94. The van der Waals surface area contributed by atoms with Crippen molar-refractivity contribution in [1.29, 1.82) is 0 Å². The van der Waals surface area contributed by atoms with E-state index in [2.05, 4.69) is 15.2 Å². The highest BCUT2D eigenvalue weighted by atomic mass is 16.2. The van der Waals surface area contributed by atoms with Crippen molar-refractivity contribution in [2.45, 2.75) is 25.7 Å². The molecule has 1 fully saturated rings. The zero-order valence-corrected chi connectivity index (χ0v) is 18.2. The molecule has 4 rings (SSSR count). The molecule has 0 saturated carbocycles. The first-order chi connectivity index (χ1) is 15.7. The quantitative estimate of drug-likeness (QED) is 0.554. The first-order valence-electron chi connectivity index (χ1n) is 11.3. The van der Waals surface area contributed by atoms with E-state index in [9.17, 15) is 9.59 Å². The topological polar surface area (TPSA) is 78.4 Å². The van der Waals surface area contributed by atoms with Crippen molar-refractivity contribution in [2.24, 2.45) is 0 Å². The second kappa shape index (κ2) is 10.7. The minimum Gasteiger partial charge on any atom is -0.352 e. The van der Waals surface area contributed by atoms with Gasteiger partial charge in [-0.05, 0) is 37.1 Å². The van der Waals surface area contributed by atoms with Gasteiger partial charge in [-0.3, -0.25) is 14.6 Å². The Morgan fingerprint density at radius 2 is 1.56 bits per heavy atom. The van der Waals surface area contributed by atoms with Crippen LogP contribution >= 0.6 is 0 Å². The maximum absolute atomic E-state index is 12.6. The van der Waals surface area contributed by atoms with Crippen LogP contribution in [0.3, 0.4) is 0 Å². The third-order valence-corrected chi connectivity index (χ3v) is 5.78. The van der Waals surface area contributed by atoms with E-state index in [1.807, 2.05) is 53.6 Å². The van der Waals surface area contributed by atoms with Crippen LogP contribution in [-0.4, -0.2) is 59.4 Å². The number of nitrogens with zero attached hydrogens (tertiary/aromatic N) is 4. The molecular formula is C25H29N5O2. The Balaban J connectivity index is 1.13. The molecular weight excluding hydrogens is 402 g/mol. The number of aromatic nitrogens is 2. The number of benzene rings is 2. The van der Waals surface area contributed by atoms with Crippen LogP contribution in [-0.2, 0) is 4.79 Å². The second-order valence-corrected chi connectivity index (χ2v) is 8.02. The Bertz CT molecular complexity index is 1050. The van der Waals surface area contributed by atoms with Gasteiger partial charge in [0.1, 0.15) is 5.82 Å². The lowest BCUT2D eigenvalue weighted by Crippen LogP contribution is -2.49. The van der Waals surface area contributed by atoms with E-state index < -0.39 is 0 Å². The minimum absolute atomic E-state index is 0.0457. The molecule has 2 aromatic carbocycles. The van der Waals surface area contributed by atoms with Crippen molar-refractivity contribution in [3.63, 3.8) is 0 Å². The predicted octanol–water partition coefficient (Wildman–Crippen LogP) is 3.27. The van der Waals surface area contributed by atoms with Crippen LogP contribution < -0.4 is 10.2 Å². The lowest BCUT2D eigenvalue weighted by Gasteiger charge is -2.35. The number of anilines is 1. The molecule has 1 N–H and O–H groups in total. The van der Waals surface area contributed by atoms with Gasteiger partial charge in [0.25, 0.3) is 5.91 Å². The molecule has 7 nitrogen and oxygen atoms in total. The van der Waals surface area contributed by atoms with Gasteiger partial charge >= 0.3 is 0 Å². The zero-order chi connectivity index (χ0) is 22.2. The molecule has 2 heterocycles. The maximum atomic E-state index is 12.6. The summed E-state index contributed by atoms with van der Waals surface area (Å²) in [6.07, 6.45) is 5.02. The van der Waals surface area contributed by atoms with Gasteiger partial charge in [0, 0.05) is 44.7 Å². The first kappa shape index (κ1) is 21.7. The monoisotopic (exact) mass is 431 g/mol. The lowest BCUT2D eigenvalue weighted by atomic mass is 10.1. The van der Waals surface area contributed by atoms with E-state index in [0.29, 0.717) is 31.6 Å². The predicted molar refractivity (Wildman–Crippen MR) is 126 cm³/mol. The number of hydrogen-bond donors (Lipinski definition) is 1. The summed E-state index contributed by atoms with van der Waals surface area (Å²) >= 11 is 0. The van der Waals surface area contributed by atoms with Crippen molar-refractivity contribution in [2.75, 3.05) is 37.6 Å². The average Bonchev–Trinajstić information content (AvgIpc) is 2.86. The average molecular weight is 432 g/mol. The van der Waals surface area contributed by atoms with Gasteiger partial charge in [0.2, 0.25) is 5.91 Å². The van der Waals surface area contributed by atoms with E-state index >= 15 is 0 Å². The van der Waals surface area contributed by atoms with Gasteiger partial charge in [-0.15, -0.1) is 0 Å². The van der Waals surface area contributed by atoms with E-state index in [0.717, 1.165) is 49.2 Å². The van der Waals surface area contributed by atoms with Gasteiger partial charge in [-0.25, -0.2) is 4.98 Å². The first-order valence-corrected chi connectivity index (χ1v) is 11.3. The van der Waals surface area contributed by atoms with Crippen molar-refractivity contribution in [3.8, 4) is 0 Å². The van der Waals surface area contributed by atoms with E-state index in [4.69, 9.17) is 4.98 Å². The summed E-state index contributed by atoms with van der Waals surface area (Å²) in [5.41, 5.74) is 2.46. The Labute approximate surface area is 188 Å². The maximum Gasteiger partial charge on any atom is 0.251 e. The molecule has 1 aliphatic heterocycles. The Hall–Kier alpha value is -3.48. The molecule has 0 atom stereocenters. The number of piperazine rings is 1. The number of fused-ring (bicyclic) bond motifs is 1. The summed E-state index contributed by atoms with van der Waals surface area (Å²) in [4.78, 5) is 37.9. The molecule has 0 bridgehead atoms. The van der Waals surface area contributed by atoms with Crippen LogP contribution in [0.2, 0.25) is 0 Å². The molecule has 166 valence electrons. The van der Waals surface area contributed by atoms with Crippen LogP contribution in [0.4, 0.5) is 5.82 Å². The van der Waals surface area contributed by atoms with E-state index in [1.165, 1.54) is 0 Å². The molecule has 0 unspecified atom stereocenters. The highest BCUT2D eigenvalue weighted by Gasteiger charge is 2.21. The molecule has 1 aromatic heterocycles. The fourth-order valence-corrected chi connectivity index (χ4v) is 3.91. The normalized spacial score (nSPS) is 13.9. The summed E-state index contributed by atoms with van der Waals surface area (Å²) in [7, 11) is 0. The molecule has 1 aliphatic rings.